The van der Waals surface area contributed by atoms with Crippen LogP contribution < -0.4 is 4.90 Å². The van der Waals surface area contributed by atoms with E-state index in [4.69, 9.17) is 4.74 Å². The number of carbonyl (C=O) groups is 2. The molecule has 0 radical (unpaired) electrons. The molecule has 4 rings (SSSR count). The third-order valence-corrected chi connectivity index (χ3v) is 6.14. The maximum absolute atomic E-state index is 14.3. The molecule has 0 aliphatic heterocycles. The molecule has 4 aromatic rings. The molecule has 0 bridgehead atoms. The van der Waals surface area contributed by atoms with Crippen LogP contribution in [0.25, 0.3) is 10.9 Å². The molecular formula is C25H22FN3O3S. The quantitative estimate of drug-likeness (QED) is 0.341. The number of hydrogen-bond donors (Lipinski definition) is 0. The minimum Gasteiger partial charge on any atom is -0.456 e. The first-order valence-electron chi connectivity index (χ1n) is 10.5. The van der Waals surface area contributed by atoms with E-state index >= 15 is 0 Å². The fraction of sp³-hybridized carbons (Fsp3) is 0.200. The molecule has 2 aromatic heterocycles. The maximum atomic E-state index is 14.3. The summed E-state index contributed by atoms with van der Waals surface area (Å²) < 4.78 is 19.9. The largest absolute Gasteiger partial charge is 0.456 e. The second kappa shape index (κ2) is 9.46. The number of amides is 1. The monoisotopic (exact) mass is 463 g/mol. The number of aromatic nitrogens is 2. The number of benzene rings is 2. The molecule has 0 aliphatic carbocycles. The lowest BCUT2D eigenvalue weighted by molar-refractivity contribution is -0.115. The molecule has 2 heterocycles. The Labute approximate surface area is 194 Å². The lowest BCUT2D eigenvalue weighted by Gasteiger charge is -2.18. The van der Waals surface area contributed by atoms with E-state index in [0.717, 1.165) is 22.2 Å². The Balaban J connectivity index is 1.58. The number of hydrogen-bond acceptors (Lipinski definition) is 6. The molecule has 0 spiro atoms. The Bertz CT molecular complexity index is 1350. The molecule has 8 heteroatoms. The van der Waals surface area contributed by atoms with E-state index in [1.807, 2.05) is 38.1 Å². The van der Waals surface area contributed by atoms with Gasteiger partial charge in [0.15, 0.2) is 5.13 Å². The molecule has 0 aliphatic rings. The maximum Gasteiger partial charge on any atom is 0.339 e. The van der Waals surface area contributed by atoms with Crippen LogP contribution in [0.3, 0.4) is 0 Å². The molecule has 6 nitrogen and oxygen atoms in total. The van der Waals surface area contributed by atoms with E-state index in [2.05, 4.69) is 9.97 Å². The zero-order valence-corrected chi connectivity index (χ0v) is 19.3. The molecule has 168 valence electrons. The van der Waals surface area contributed by atoms with Crippen LogP contribution in [0.15, 0.2) is 53.9 Å². The molecule has 0 atom stereocenters. The van der Waals surface area contributed by atoms with Gasteiger partial charge in [0, 0.05) is 23.4 Å². The number of fused-ring (bicyclic) bond motifs is 1. The van der Waals surface area contributed by atoms with Crippen LogP contribution in [0.1, 0.15) is 41.2 Å². The summed E-state index contributed by atoms with van der Waals surface area (Å²) in [6.07, 6.45) is 0.698. The highest BCUT2D eigenvalue weighted by Crippen LogP contribution is 2.31. The van der Waals surface area contributed by atoms with Crippen LogP contribution in [-0.4, -0.2) is 21.8 Å². The van der Waals surface area contributed by atoms with Crippen LogP contribution >= 0.6 is 11.3 Å². The van der Waals surface area contributed by atoms with Gasteiger partial charge < -0.3 is 4.74 Å². The number of carbonyl (C=O) groups excluding carboxylic acids is 2. The van der Waals surface area contributed by atoms with Crippen LogP contribution in [0.5, 0.6) is 0 Å². The summed E-state index contributed by atoms with van der Waals surface area (Å²) in [4.78, 5) is 35.5. The minimum absolute atomic E-state index is 0.0735. The first-order chi connectivity index (χ1) is 15.9. The summed E-state index contributed by atoms with van der Waals surface area (Å²) in [7, 11) is 0. The predicted molar refractivity (Wildman–Crippen MR) is 126 cm³/mol. The van der Waals surface area contributed by atoms with E-state index in [1.165, 1.54) is 35.3 Å². The highest BCUT2D eigenvalue weighted by Gasteiger charge is 2.22. The number of anilines is 2. The number of aryl methyl sites for hydroxylation is 1. The van der Waals surface area contributed by atoms with Crippen LogP contribution in [0.2, 0.25) is 0 Å². The van der Waals surface area contributed by atoms with Crippen molar-refractivity contribution in [2.24, 2.45) is 0 Å². The van der Waals surface area contributed by atoms with Crippen molar-refractivity contribution >= 4 is 44.9 Å². The van der Waals surface area contributed by atoms with Gasteiger partial charge in [-0.3, -0.25) is 14.7 Å². The molecule has 1 amide bonds. The third kappa shape index (κ3) is 4.47. The van der Waals surface area contributed by atoms with E-state index in [1.54, 1.807) is 17.5 Å². The van der Waals surface area contributed by atoms with E-state index in [-0.39, 0.29) is 18.2 Å². The van der Waals surface area contributed by atoms with Gasteiger partial charge in [-0.05, 0) is 37.1 Å². The smallest absolute Gasteiger partial charge is 0.339 e. The number of halogens is 1. The minimum atomic E-state index is -0.525. The Morgan fingerprint density at radius 3 is 2.55 bits per heavy atom. The van der Waals surface area contributed by atoms with Crippen molar-refractivity contribution in [1.82, 2.24) is 9.97 Å². The number of nitrogens with zero attached hydrogens (tertiary/aromatic N) is 3. The lowest BCUT2D eigenvalue weighted by atomic mass is 10.0. The summed E-state index contributed by atoms with van der Waals surface area (Å²) >= 11 is 1.17. The number of rotatable bonds is 6. The molecule has 0 fully saturated rings. The average molecular weight is 464 g/mol. The van der Waals surface area contributed by atoms with E-state index in [0.29, 0.717) is 22.8 Å². The summed E-state index contributed by atoms with van der Waals surface area (Å²) in [5.74, 6) is -1.36. The first-order valence-corrected chi connectivity index (χ1v) is 11.3. The van der Waals surface area contributed by atoms with E-state index in [9.17, 15) is 14.0 Å². The second-order valence-corrected chi connectivity index (χ2v) is 8.27. The molecule has 0 N–H and O–H groups in total. The number of pyridine rings is 1. The number of esters is 1. The lowest BCUT2D eigenvalue weighted by Crippen LogP contribution is -2.23. The summed E-state index contributed by atoms with van der Waals surface area (Å²) in [6.45, 7) is 5.13. The normalized spacial score (nSPS) is 10.9. The van der Waals surface area contributed by atoms with Gasteiger partial charge in [0.1, 0.15) is 12.4 Å². The molecule has 2 aromatic carbocycles. The standard InChI is InChI=1S/C25H22FN3O3S/c1-4-20-15(2)23(18-9-5-7-11-21(18)28-20)24(31)32-13-17-14-33-25(27-17)29(16(3)30)22-12-8-6-10-19(22)26/h5-12,14H,4,13H2,1-3H3. The zero-order valence-electron chi connectivity index (χ0n) is 18.5. The van der Waals surface area contributed by atoms with Gasteiger partial charge in [0.2, 0.25) is 5.91 Å². The SMILES string of the molecule is CCc1nc2ccccc2c(C(=O)OCc2csc(N(C(C)=O)c3ccccc3F)n2)c1C. The van der Waals surface area contributed by atoms with E-state index < -0.39 is 11.8 Å². The van der Waals surface area contributed by atoms with Crippen molar-refractivity contribution < 1.29 is 18.7 Å². The fourth-order valence-corrected chi connectivity index (χ4v) is 4.55. The van der Waals surface area contributed by atoms with Gasteiger partial charge in [0.25, 0.3) is 0 Å². The van der Waals surface area contributed by atoms with Gasteiger partial charge in [-0.25, -0.2) is 14.2 Å². The fourth-order valence-electron chi connectivity index (χ4n) is 3.68. The van der Waals surface area contributed by atoms with Gasteiger partial charge >= 0.3 is 5.97 Å². The second-order valence-electron chi connectivity index (χ2n) is 7.43. The van der Waals surface area contributed by atoms with Gasteiger partial charge in [-0.1, -0.05) is 37.3 Å². The Morgan fingerprint density at radius 2 is 1.82 bits per heavy atom. The highest BCUT2D eigenvalue weighted by atomic mass is 32.1. The number of thiazole rings is 1. The molecule has 0 unspecified atom stereocenters. The molecular weight excluding hydrogens is 441 g/mol. The third-order valence-electron chi connectivity index (χ3n) is 5.27. The van der Waals surface area contributed by atoms with Crippen LogP contribution in [-0.2, 0) is 22.6 Å². The van der Waals surface area contributed by atoms with Crippen molar-refractivity contribution in [3.8, 4) is 0 Å². The Morgan fingerprint density at radius 1 is 1.09 bits per heavy atom. The Hall–Kier alpha value is -3.65. The van der Waals surface area contributed by atoms with Crippen molar-refractivity contribution in [2.45, 2.75) is 33.8 Å². The Kier molecular flexibility index (Phi) is 6.46. The molecule has 33 heavy (non-hydrogen) atoms. The number of para-hydroxylation sites is 2. The van der Waals surface area contributed by atoms with Crippen molar-refractivity contribution in [2.75, 3.05) is 4.90 Å². The number of ether oxygens (including phenoxy) is 1. The first kappa shape index (κ1) is 22.5. The topological polar surface area (TPSA) is 72.4 Å². The predicted octanol–water partition coefficient (Wildman–Crippen LogP) is 5.74. The molecule has 0 saturated carbocycles. The van der Waals surface area contributed by atoms with Gasteiger partial charge in [-0.15, -0.1) is 11.3 Å². The van der Waals surface area contributed by atoms with Crippen molar-refractivity contribution in [1.29, 1.82) is 0 Å². The average Bonchev–Trinajstić information content (AvgIpc) is 3.26. The van der Waals surface area contributed by atoms with Crippen LogP contribution in [0.4, 0.5) is 15.2 Å². The van der Waals surface area contributed by atoms with Gasteiger partial charge in [0.05, 0.1) is 22.5 Å². The van der Waals surface area contributed by atoms with Gasteiger partial charge in [-0.2, -0.15) is 0 Å². The van der Waals surface area contributed by atoms with Crippen molar-refractivity contribution in [3.63, 3.8) is 0 Å². The van der Waals surface area contributed by atoms with Crippen molar-refractivity contribution in [3.05, 3.63) is 82.2 Å². The molecule has 0 saturated heterocycles. The highest BCUT2D eigenvalue weighted by molar-refractivity contribution is 7.14. The summed E-state index contributed by atoms with van der Waals surface area (Å²) in [6, 6.07) is 13.5. The summed E-state index contributed by atoms with van der Waals surface area (Å²) in [5.41, 5.74) is 3.46. The zero-order chi connectivity index (χ0) is 23.5. The van der Waals surface area contributed by atoms with Crippen LogP contribution in [0, 0.1) is 12.7 Å². The summed E-state index contributed by atoms with van der Waals surface area (Å²) in [5, 5.41) is 2.73.